The molecule has 6 nitrogen and oxygen atoms in total. The molecule has 0 bridgehead atoms. The molecule has 2 N–H and O–H groups in total. The molecule has 0 unspecified atom stereocenters. The summed E-state index contributed by atoms with van der Waals surface area (Å²) in [5.41, 5.74) is 2.04. The third-order valence-corrected chi connectivity index (χ3v) is 4.38. The summed E-state index contributed by atoms with van der Waals surface area (Å²) in [5.74, 6) is 0.456. The molecule has 156 valence electrons. The minimum atomic E-state index is -0.367. The molecule has 1 amide bonds. The van der Waals surface area contributed by atoms with Gasteiger partial charge in [0.2, 0.25) is 5.91 Å². The van der Waals surface area contributed by atoms with Gasteiger partial charge in [0.25, 0.3) is 0 Å². The van der Waals surface area contributed by atoms with Crippen LogP contribution in [0.2, 0.25) is 5.02 Å². The van der Waals surface area contributed by atoms with Crippen molar-refractivity contribution in [3.8, 4) is 17.2 Å². The molecule has 0 aliphatic heterocycles. The minimum Gasteiger partial charge on any atom is -0.504 e. The molecule has 0 fully saturated rings. The summed E-state index contributed by atoms with van der Waals surface area (Å²) in [6, 6.07) is 13.7. The van der Waals surface area contributed by atoms with E-state index >= 15 is 0 Å². The highest BCUT2D eigenvalue weighted by Crippen LogP contribution is 2.32. The van der Waals surface area contributed by atoms with Gasteiger partial charge in [-0.1, -0.05) is 23.7 Å². The summed E-state index contributed by atoms with van der Waals surface area (Å²) >= 11 is 6.37. The van der Waals surface area contributed by atoms with Crippen LogP contribution in [0.3, 0.4) is 0 Å². The highest BCUT2D eigenvalue weighted by molar-refractivity contribution is 6.35. The molecule has 0 atom stereocenters. The van der Waals surface area contributed by atoms with E-state index in [1.54, 1.807) is 48.8 Å². The second-order valence-electron chi connectivity index (χ2n) is 6.02. The lowest BCUT2D eigenvalue weighted by Gasteiger charge is -2.11. The lowest BCUT2D eigenvalue weighted by molar-refractivity contribution is -0.111. The summed E-state index contributed by atoms with van der Waals surface area (Å²) in [7, 11) is 1.47. The summed E-state index contributed by atoms with van der Waals surface area (Å²) in [6.45, 7) is 0.334. The topological polar surface area (TPSA) is 80.7 Å². The number of carbonyl (C=O) groups is 1. The Kier molecular flexibility index (Phi) is 8.53. The zero-order chi connectivity index (χ0) is 20.6. The lowest BCUT2D eigenvalue weighted by atomic mass is 10.2. The predicted molar refractivity (Wildman–Crippen MR) is 120 cm³/mol. The predicted octanol–water partition coefficient (Wildman–Crippen LogP) is 5.10. The highest BCUT2D eigenvalue weighted by Gasteiger charge is 2.09. The summed E-state index contributed by atoms with van der Waals surface area (Å²) in [6.07, 6.45) is 6.30. The average molecular weight is 447 g/mol. The molecular weight excluding hydrogens is 427 g/mol. The largest absolute Gasteiger partial charge is 0.504 e. The van der Waals surface area contributed by atoms with E-state index in [2.05, 4.69) is 10.3 Å². The molecule has 0 spiro atoms. The fourth-order valence-corrected chi connectivity index (χ4v) is 2.74. The Labute approximate surface area is 185 Å². The number of methoxy groups -OCH3 is 1. The second kappa shape index (κ2) is 11.1. The number of nitrogens with zero attached hydrogens (tertiary/aromatic N) is 1. The monoisotopic (exact) mass is 446 g/mol. The number of phenolic OH excluding ortho intramolecular Hbond substituents is 1. The summed E-state index contributed by atoms with van der Waals surface area (Å²) < 4.78 is 10.7. The quantitative estimate of drug-likeness (QED) is 0.493. The molecule has 3 aromatic rings. The van der Waals surface area contributed by atoms with Crippen LogP contribution < -0.4 is 14.8 Å². The van der Waals surface area contributed by atoms with Crippen molar-refractivity contribution in [1.82, 2.24) is 4.98 Å². The molecule has 0 saturated carbocycles. The Bertz CT molecular complexity index is 1030. The molecule has 0 saturated heterocycles. The molecule has 2 aromatic carbocycles. The number of aromatic nitrogens is 1. The number of carbonyl (C=O) groups excluding carboxylic acids is 1. The molecule has 0 aliphatic rings. The van der Waals surface area contributed by atoms with Crippen LogP contribution in [-0.4, -0.2) is 23.1 Å². The number of amides is 1. The highest BCUT2D eigenvalue weighted by atomic mass is 35.5. The van der Waals surface area contributed by atoms with Crippen LogP contribution in [0.15, 0.2) is 67.0 Å². The van der Waals surface area contributed by atoms with Gasteiger partial charge < -0.3 is 19.9 Å². The number of benzene rings is 2. The van der Waals surface area contributed by atoms with Crippen LogP contribution in [0.25, 0.3) is 6.08 Å². The third kappa shape index (κ3) is 6.14. The molecule has 1 aromatic heterocycles. The Morgan fingerprint density at radius 2 is 1.93 bits per heavy atom. The number of aromatic hydroxyl groups is 1. The Hall–Kier alpha value is -3.22. The first-order valence-corrected chi connectivity index (χ1v) is 9.11. The molecule has 30 heavy (non-hydrogen) atoms. The standard InChI is InChI=1S/C22H19ClN2O4.ClH/c1-28-19-7-5-15(13-18(19)26)6-8-21(27)25-17-3-2-4-20(22(17)23)29-14-16-9-11-24-12-10-16;/h2-13,26H,14H2,1H3,(H,25,27);1H/b8-6+;. The zero-order valence-electron chi connectivity index (χ0n) is 16.0. The number of anilines is 1. The minimum absolute atomic E-state index is 0. The van der Waals surface area contributed by atoms with Crippen molar-refractivity contribution in [2.45, 2.75) is 6.61 Å². The van der Waals surface area contributed by atoms with E-state index in [1.807, 2.05) is 12.1 Å². The van der Waals surface area contributed by atoms with Gasteiger partial charge in [0.15, 0.2) is 11.5 Å². The van der Waals surface area contributed by atoms with Gasteiger partial charge in [-0.25, -0.2) is 0 Å². The van der Waals surface area contributed by atoms with Crippen LogP contribution in [0.1, 0.15) is 11.1 Å². The van der Waals surface area contributed by atoms with Crippen LogP contribution in [0, 0.1) is 0 Å². The van der Waals surface area contributed by atoms with Gasteiger partial charge in [0.05, 0.1) is 12.8 Å². The van der Waals surface area contributed by atoms with Gasteiger partial charge in [-0.15, -0.1) is 12.4 Å². The van der Waals surface area contributed by atoms with Gasteiger partial charge in [-0.3, -0.25) is 9.78 Å². The normalized spacial score (nSPS) is 10.3. The van der Waals surface area contributed by atoms with E-state index in [-0.39, 0.29) is 24.1 Å². The smallest absolute Gasteiger partial charge is 0.248 e. The van der Waals surface area contributed by atoms with Crippen LogP contribution >= 0.6 is 24.0 Å². The van der Waals surface area contributed by atoms with Crippen molar-refractivity contribution in [1.29, 1.82) is 0 Å². The van der Waals surface area contributed by atoms with Crippen LogP contribution in [0.5, 0.6) is 17.2 Å². The molecule has 8 heteroatoms. The Morgan fingerprint density at radius 1 is 1.17 bits per heavy atom. The SMILES string of the molecule is COc1ccc(/C=C/C(=O)Nc2cccc(OCc3ccncc3)c2Cl)cc1O.Cl. The van der Waals surface area contributed by atoms with Crippen LogP contribution in [0.4, 0.5) is 5.69 Å². The third-order valence-electron chi connectivity index (χ3n) is 3.99. The van der Waals surface area contributed by atoms with E-state index in [0.717, 1.165) is 5.56 Å². The summed E-state index contributed by atoms with van der Waals surface area (Å²) in [4.78, 5) is 16.2. The van der Waals surface area contributed by atoms with Crippen molar-refractivity contribution in [2.75, 3.05) is 12.4 Å². The fourth-order valence-electron chi connectivity index (χ4n) is 2.52. The number of phenols is 1. The molecule has 0 radical (unpaired) electrons. The second-order valence-corrected chi connectivity index (χ2v) is 6.39. The van der Waals surface area contributed by atoms with Crippen molar-refractivity contribution in [3.05, 3.63) is 83.2 Å². The molecule has 1 heterocycles. The number of rotatable bonds is 7. The van der Waals surface area contributed by atoms with E-state index < -0.39 is 0 Å². The number of nitrogens with one attached hydrogen (secondary N) is 1. The van der Waals surface area contributed by atoms with Gasteiger partial charge in [-0.2, -0.15) is 0 Å². The van der Waals surface area contributed by atoms with E-state index in [1.165, 1.54) is 19.3 Å². The number of hydrogen-bond donors (Lipinski definition) is 2. The maximum absolute atomic E-state index is 12.2. The zero-order valence-corrected chi connectivity index (χ0v) is 17.6. The molecule has 0 aliphatic carbocycles. The van der Waals surface area contributed by atoms with E-state index in [0.29, 0.717) is 34.4 Å². The lowest BCUT2D eigenvalue weighted by Crippen LogP contribution is -2.08. The van der Waals surface area contributed by atoms with Gasteiger partial charge in [-0.05, 0) is 53.6 Å². The van der Waals surface area contributed by atoms with Crippen molar-refractivity contribution >= 4 is 41.7 Å². The number of halogens is 2. The van der Waals surface area contributed by atoms with Crippen molar-refractivity contribution in [3.63, 3.8) is 0 Å². The van der Waals surface area contributed by atoms with E-state index in [4.69, 9.17) is 21.1 Å². The number of pyridine rings is 1. The van der Waals surface area contributed by atoms with Crippen molar-refractivity contribution in [2.24, 2.45) is 0 Å². The first kappa shape index (κ1) is 23.1. The maximum atomic E-state index is 12.2. The first-order chi connectivity index (χ1) is 14.1. The van der Waals surface area contributed by atoms with Crippen LogP contribution in [-0.2, 0) is 11.4 Å². The van der Waals surface area contributed by atoms with Gasteiger partial charge >= 0.3 is 0 Å². The van der Waals surface area contributed by atoms with E-state index in [9.17, 15) is 9.90 Å². The Balaban J connectivity index is 0.00000320. The number of hydrogen-bond acceptors (Lipinski definition) is 5. The molecular formula is C22H20Cl2N2O4. The fraction of sp³-hybridized carbons (Fsp3) is 0.0909. The first-order valence-electron chi connectivity index (χ1n) is 8.73. The number of ether oxygens (including phenoxy) is 2. The maximum Gasteiger partial charge on any atom is 0.248 e. The molecule has 3 rings (SSSR count). The summed E-state index contributed by atoms with van der Waals surface area (Å²) in [5, 5.41) is 12.8. The van der Waals surface area contributed by atoms with Crippen molar-refractivity contribution < 1.29 is 19.4 Å². The average Bonchev–Trinajstić information content (AvgIpc) is 2.74. The Morgan fingerprint density at radius 3 is 2.63 bits per heavy atom. The van der Waals surface area contributed by atoms with Gasteiger partial charge in [0, 0.05) is 18.5 Å². The van der Waals surface area contributed by atoms with Gasteiger partial charge in [0.1, 0.15) is 17.4 Å².